The molecular formula is C18H16ClNO. The summed E-state index contributed by atoms with van der Waals surface area (Å²) < 4.78 is 8.29. The van der Waals surface area contributed by atoms with Crippen molar-refractivity contribution in [1.29, 1.82) is 0 Å². The number of hydrogen-bond acceptors (Lipinski definition) is 1. The molecule has 0 bridgehead atoms. The maximum atomic E-state index is 6.23. The van der Waals surface area contributed by atoms with E-state index in [2.05, 4.69) is 48.0 Å². The van der Waals surface area contributed by atoms with E-state index in [-0.39, 0.29) is 6.10 Å². The Balaban J connectivity index is 1.61. The monoisotopic (exact) mass is 297 g/mol. The summed E-state index contributed by atoms with van der Waals surface area (Å²) in [7, 11) is 0. The molecule has 0 radical (unpaired) electrons. The number of rotatable bonds is 2. The van der Waals surface area contributed by atoms with E-state index in [0.717, 1.165) is 29.1 Å². The van der Waals surface area contributed by atoms with Gasteiger partial charge in [0.1, 0.15) is 11.9 Å². The van der Waals surface area contributed by atoms with Gasteiger partial charge >= 0.3 is 0 Å². The van der Waals surface area contributed by atoms with Gasteiger partial charge in [0.05, 0.1) is 6.54 Å². The summed E-state index contributed by atoms with van der Waals surface area (Å²) in [5, 5.41) is 1.91. The van der Waals surface area contributed by atoms with Gasteiger partial charge in [-0.25, -0.2) is 0 Å². The molecule has 1 aromatic heterocycles. The molecule has 2 aromatic carbocycles. The molecule has 2 nitrogen and oxygen atoms in total. The van der Waals surface area contributed by atoms with E-state index in [1.807, 2.05) is 12.1 Å². The largest absolute Gasteiger partial charge is 0.488 e. The summed E-state index contributed by atoms with van der Waals surface area (Å²) in [5.41, 5.74) is 3.77. The second-order valence-corrected chi connectivity index (χ2v) is 6.10. The molecule has 0 saturated carbocycles. The van der Waals surface area contributed by atoms with Crippen LogP contribution >= 0.6 is 11.6 Å². The fraction of sp³-hybridized carbons (Fsp3) is 0.222. The molecule has 4 rings (SSSR count). The van der Waals surface area contributed by atoms with Gasteiger partial charge in [-0.15, -0.1) is 0 Å². The van der Waals surface area contributed by atoms with E-state index in [9.17, 15) is 0 Å². The van der Waals surface area contributed by atoms with E-state index >= 15 is 0 Å². The van der Waals surface area contributed by atoms with Crippen LogP contribution in [0.2, 0.25) is 5.02 Å². The van der Waals surface area contributed by atoms with Gasteiger partial charge in [0.15, 0.2) is 0 Å². The van der Waals surface area contributed by atoms with Gasteiger partial charge in [-0.3, -0.25) is 0 Å². The van der Waals surface area contributed by atoms with Gasteiger partial charge in [-0.05, 0) is 36.8 Å². The Morgan fingerprint density at radius 2 is 2.14 bits per heavy atom. The summed E-state index contributed by atoms with van der Waals surface area (Å²) >= 11 is 6.23. The molecule has 1 aliphatic heterocycles. The second kappa shape index (κ2) is 4.81. The standard InChI is InChI=1S/C18H16ClNO/c1-12-5-6-18-13(9-12)10-14(21-18)11-20-8-7-15-16(19)3-2-4-17(15)20/h2-9,14H,10-11H2,1H3. The normalized spacial score (nSPS) is 17.0. The maximum absolute atomic E-state index is 6.23. The number of ether oxygens (including phenoxy) is 1. The van der Waals surface area contributed by atoms with Crippen LogP contribution in [0.4, 0.5) is 0 Å². The number of nitrogens with zero attached hydrogens (tertiary/aromatic N) is 1. The summed E-state index contributed by atoms with van der Waals surface area (Å²) in [4.78, 5) is 0. The van der Waals surface area contributed by atoms with Crippen LogP contribution in [0.1, 0.15) is 11.1 Å². The first-order chi connectivity index (χ1) is 10.2. The molecule has 1 atom stereocenters. The van der Waals surface area contributed by atoms with Crippen molar-refractivity contribution in [2.45, 2.75) is 26.0 Å². The summed E-state index contributed by atoms with van der Waals surface area (Å²) in [6.07, 6.45) is 3.25. The van der Waals surface area contributed by atoms with Crippen molar-refractivity contribution in [1.82, 2.24) is 4.57 Å². The average Bonchev–Trinajstić information content (AvgIpc) is 3.04. The molecule has 1 aliphatic rings. The van der Waals surface area contributed by atoms with E-state index in [4.69, 9.17) is 16.3 Å². The Kier molecular flexibility index (Phi) is 2.93. The topological polar surface area (TPSA) is 14.2 Å². The third kappa shape index (κ3) is 2.20. The Morgan fingerprint density at radius 1 is 1.24 bits per heavy atom. The van der Waals surface area contributed by atoms with Gasteiger partial charge < -0.3 is 9.30 Å². The van der Waals surface area contributed by atoms with Gasteiger partial charge in [0, 0.05) is 28.5 Å². The molecule has 106 valence electrons. The zero-order chi connectivity index (χ0) is 14.4. The van der Waals surface area contributed by atoms with Crippen LogP contribution in [0, 0.1) is 6.92 Å². The molecule has 3 heteroatoms. The lowest BCUT2D eigenvalue weighted by Crippen LogP contribution is -2.20. The smallest absolute Gasteiger partial charge is 0.123 e. The highest BCUT2D eigenvalue weighted by Crippen LogP contribution is 2.31. The molecular weight excluding hydrogens is 282 g/mol. The Bertz CT molecular complexity index is 821. The predicted octanol–water partition coefficient (Wildman–Crippen LogP) is 4.61. The highest BCUT2D eigenvalue weighted by atomic mass is 35.5. The molecule has 21 heavy (non-hydrogen) atoms. The Morgan fingerprint density at radius 3 is 3.05 bits per heavy atom. The van der Waals surface area contributed by atoms with Crippen molar-refractivity contribution in [2.75, 3.05) is 0 Å². The quantitative estimate of drug-likeness (QED) is 0.674. The number of aromatic nitrogens is 1. The van der Waals surface area contributed by atoms with Crippen LogP contribution in [0.25, 0.3) is 10.9 Å². The van der Waals surface area contributed by atoms with Gasteiger partial charge in [-0.1, -0.05) is 35.4 Å². The third-order valence-electron chi connectivity index (χ3n) is 4.12. The average molecular weight is 298 g/mol. The van der Waals surface area contributed by atoms with Crippen LogP contribution in [-0.4, -0.2) is 10.7 Å². The number of fused-ring (bicyclic) bond motifs is 2. The van der Waals surface area contributed by atoms with Crippen LogP contribution in [-0.2, 0) is 13.0 Å². The van der Waals surface area contributed by atoms with Crippen molar-refractivity contribution in [2.24, 2.45) is 0 Å². The fourth-order valence-electron chi connectivity index (χ4n) is 3.12. The summed E-state index contributed by atoms with van der Waals surface area (Å²) in [6, 6.07) is 14.5. The van der Waals surface area contributed by atoms with E-state index in [1.54, 1.807) is 0 Å². The van der Waals surface area contributed by atoms with Gasteiger partial charge in [0.25, 0.3) is 0 Å². The SMILES string of the molecule is Cc1ccc2c(c1)CC(Cn1ccc3c(Cl)cccc31)O2. The third-order valence-corrected chi connectivity index (χ3v) is 4.45. The molecule has 0 amide bonds. The molecule has 1 unspecified atom stereocenters. The lowest BCUT2D eigenvalue weighted by Gasteiger charge is -2.13. The first kappa shape index (κ1) is 12.8. The molecule has 0 N–H and O–H groups in total. The first-order valence-electron chi connectivity index (χ1n) is 7.20. The Hall–Kier alpha value is -1.93. The van der Waals surface area contributed by atoms with Crippen LogP contribution in [0.5, 0.6) is 5.75 Å². The van der Waals surface area contributed by atoms with Crippen molar-refractivity contribution >= 4 is 22.5 Å². The summed E-state index contributed by atoms with van der Waals surface area (Å²) in [5.74, 6) is 1.03. The zero-order valence-corrected chi connectivity index (χ0v) is 12.6. The lowest BCUT2D eigenvalue weighted by atomic mass is 10.1. The molecule has 2 heterocycles. The van der Waals surface area contributed by atoms with E-state index in [1.165, 1.54) is 16.6 Å². The van der Waals surface area contributed by atoms with E-state index in [0.29, 0.717) is 0 Å². The molecule has 3 aromatic rings. The number of halogens is 1. The predicted molar refractivity (Wildman–Crippen MR) is 86.2 cm³/mol. The molecule has 0 aliphatic carbocycles. The number of benzene rings is 2. The molecule has 0 saturated heterocycles. The van der Waals surface area contributed by atoms with Crippen LogP contribution in [0.3, 0.4) is 0 Å². The zero-order valence-electron chi connectivity index (χ0n) is 11.8. The second-order valence-electron chi connectivity index (χ2n) is 5.70. The van der Waals surface area contributed by atoms with E-state index < -0.39 is 0 Å². The Labute approximate surface area is 128 Å². The summed E-state index contributed by atoms with van der Waals surface area (Å²) in [6.45, 7) is 2.96. The van der Waals surface area contributed by atoms with Gasteiger partial charge in [0.2, 0.25) is 0 Å². The highest BCUT2D eigenvalue weighted by Gasteiger charge is 2.23. The van der Waals surface area contributed by atoms with Crippen molar-refractivity contribution < 1.29 is 4.74 Å². The van der Waals surface area contributed by atoms with Crippen molar-refractivity contribution in [3.8, 4) is 5.75 Å². The minimum Gasteiger partial charge on any atom is -0.488 e. The number of hydrogen-bond donors (Lipinski definition) is 0. The fourth-order valence-corrected chi connectivity index (χ4v) is 3.35. The minimum atomic E-state index is 0.191. The molecule has 0 spiro atoms. The van der Waals surface area contributed by atoms with Crippen LogP contribution in [0.15, 0.2) is 48.7 Å². The van der Waals surface area contributed by atoms with Crippen molar-refractivity contribution in [3.63, 3.8) is 0 Å². The minimum absolute atomic E-state index is 0.191. The van der Waals surface area contributed by atoms with Gasteiger partial charge in [-0.2, -0.15) is 0 Å². The highest BCUT2D eigenvalue weighted by molar-refractivity contribution is 6.35. The number of aryl methyl sites for hydroxylation is 1. The van der Waals surface area contributed by atoms with Crippen LogP contribution < -0.4 is 4.74 Å². The molecule has 0 fully saturated rings. The maximum Gasteiger partial charge on any atom is 0.123 e. The first-order valence-corrected chi connectivity index (χ1v) is 7.58. The van der Waals surface area contributed by atoms with Crippen molar-refractivity contribution in [3.05, 3.63) is 64.8 Å². The lowest BCUT2D eigenvalue weighted by molar-refractivity contribution is 0.211.